The molecule has 7 heteroatoms. The van der Waals surface area contributed by atoms with Crippen molar-refractivity contribution in [2.75, 3.05) is 18.5 Å². The number of thiocarbonyl (C=S) groups is 1. The van der Waals surface area contributed by atoms with Crippen molar-refractivity contribution in [3.63, 3.8) is 0 Å². The third kappa shape index (κ3) is 6.39. The Morgan fingerprint density at radius 3 is 2.61 bits per heavy atom. The Labute approximate surface area is 176 Å². The van der Waals surface area contributed by atoms with E-state index in [0.29, 0.717) is 28.0 Å². The van der Waals surface area contributed by atoms with Crippen LogP contribution in [0.5, 0.6) is 5.75 Å². The van der Waals surface area contributed by atoms with Crippen LogP contribution in [0.4, 0.5) is 5.69 Å². The predicted octanol–water partition coefficient (Wildman–Crippen LogP) is 4.89. The van der Waals surface area contributed by atoms with Crippen LogP contribution >= 0.6 is 23.8 Å². The Balaban J connectivity index is 1.89. The molecular weight excluding hydrogens is 396 g/mol. The lowest BCUT2D eigenvalue weighted by Crippen LogP contribution is -2.39. The van der Waals surface area contributed by atoms with Crippen LogP contribution < -0.4 is 15.4 Å². The van der Waals surface area contributed by atoms with Crippen LogP contribution in [0.25, 0.3) is 0 Å². The Morgan fingerprint density at radius 2 is 1.93 bits per heavy atom. The molecule has 0 heterocycles. The zero-order chi connectivity index (χ0) is 20.7. The molecule has 0 aliphatic heterocycles. The largest absolute Gasteiger partial charge is 0.491 e. The van der Waals surface area contributed by atoms with E-state index in [0.717, 1.165) is 5.75 Å². The van der Waals surface area contributed by atoms with E-state index in [1.807, 2.05) is 25.1 Å². The van der Waals surface area contributed by atoms with Crippen molar-refractivity contribution in [2.45, 2.75) is 33.7 Å². The van der Waals surface area contributed by atoms with Crippen molar-refractivity contribution in [1.82, 2.24) is 5.32 Å². The zero-order valence-corrected chi connectivity index (χ0v) is 18.0. The second-order valence-corrected chi connectivity index (χ2v) is 7.29. The summed E-state index contributed by atoms with van der Waals surface area (Å²) in [6.07, 6.45) is 0. The van der Waals surface area contributed by atoms with Crippen LogP contribution in [0.2, 0.25) is 5.02 Å². The van der Waals surface area contributed by atoms with Gasteiger partial charge in [-0.3, -0.25) is 0 Å². The fraction of sp³-hybridized carbons (Fsp3) is 0.333. The summed E-state index contributed by atoms with van der Waals surface area (Å²) in [5, 5.41) is 6.97. The van der Waals surface area contributed by atoms with Gasteiger partial charge in [0.25, 0.3) is 0 Å². The standard InChI is InChI=1S/C21H25ClN2O3S/c1-5-26-20(25)18-11-16(7-9-19(18)22)24-21(28)23-15(4)12-27-17-8-6-13(2)14(3)10-17/h6-11,15H,5,12H2,1-4H3,(H2,23,24,28)/t15-/m0/s1. The van der Waals surface area contributed by atoms with Gasteiger partial charge in [-0.25, -0.2) is 4.79 Å². The lowest BCUT2D eigenvalue weighted by Gasteiger charge is -2.18. The van der Waals surface area contributed by atoms with Gasteiger partial charge in [0.1, 0.15) is 12.4 Å². The van der Waals surface area contributed by atoms with Crippen molar-refractivity contribution in [3.05, 3.63) is 58.1 Å². The van der Waals surface area contributed by atoms with E-state index >= 15 is 0 Å². The van der Waals surface area contributed by atoms with Crippen molar-refractivity contribution >= 4 is 40.6 Å². The van der Waals surface area contributed by atoms with Crippen molar-refractivity contribution in [1.29, 1.82) is 0 Å². The highest BCUT2D eigenvalue weighted by molar-refractivity contribution is 7.80. The molecule has 0 saturated heterocycles. The van der Waals surface area contributed by atoms with E-state index in [-0.39, 0.29) is 12.6 Å². The maximum atomic E-state index is 11.9. The summed E-state index contributed by atoms with van der Waals surface area (Å²) >= 11 is 11.4. The van der Waals surface area contributed by atoms with Crippen molar-refractivity contribution in [2.24, 2.45) is 0 Å². The first-order valence-electron chi connectivity index (χ1n) is 9.04. The van der Waals surface area contributed by atoms with Gasteiger partial charge in [-0.2, -0.15) is 0 Å². The van der Waals surface area contributed by atoms with Crippen LogP contribution in [0.1, 0.15) is 35.3 Å². The second-order valence-electron chi connectivity index (χ2n) is 6.47. The summed E-state index contributed by atoms with van der Waals surface area (Å²) in [7, 11) is 0. The molecule has 0 bridgehead atoms. The summed E-state index contributed by atoms with van der Waals surface area (Å²) in [6, 6.07) is 11.0. The highest BCUT2D eigenvalue weighted by Crippen LogP contribution is 2.21. The van der Waals surface area contributed by atoms with Gasteiger partial charge in [-0.1, -0.05) is 17.7 Å². The number of hydrogen-bond acceptors (Lipinski definition) is 4. The second kappa shape index (κ2) is 10.3. The van der Waals surface area contributed by atoms with Gasteiger partial charge < -0.3 is 20.1 Å². The molecule has 0 unspecified atom stereocenters. The van der Waals surface area contributed by atoms with Gasteiger partial charge in [-0.15, -0.1) is 0 Å². The molecule has 2 N–H and O–H groups in total. The smallest absolute Gasteiger partial charge is 0.339 e. The summed E-state index contributed by atoms with van der Waals surface area (Å²) in [4.78, 5) is 11.9. The van der Waals surface area contributed by atoms with Gasteiger partial charge in [0.15, 0.2) is 5.11 Å². The first-order chi connectivity index (χ1) is 13.3. The average Bonchev–Trinajstić information content (AvgIpc) is 2.64. The maximum absolute atomic E-state index is 11.9. The van der Waals surface area contributed by atoms with Gasteiger partial charge in [0, 0.05) is 5.69 Å². The molecule has 150 valence electrons. The first kappa shape index (κ1) is 22.0. The van der Waals surface area contributed by atoms with Crippen molar-refractivity contribution in [3.8, 4) is 5.75 Å². The fourth-order valence-corrected chi connectivity index (χ4v) is 2.94. The molecule has 0 spiro atoms. The number of nitrogens with one attached hydrogen (secondary N) is 2. The van der Waals surface area contributed by atoms with E-state index in [1.54, 1.807) is 25.1 Å². The van der Waals surface area contributed by atoms with Gasteiger partial charge >= 0.3 is 5.97 Å². The number of aryl methyl sites for hydroxylation is 2. The molecule has 0 saturated carbocycles. The fourth-order valence-electron chi connectivity index (χ4n) is 2.43. The third-order valence-electron chi connectivity index (χ3n) is 4.08. The number of carbonyl (C=O) groups is 1. The molecule has 28 heavy (non-hydrogen) atoms. The Hall–Kier alpha value is -2.31. The van der Waals surface area contributed by atoms with Crippen LogP contribution in [-0.4, -0.2) is 30.3 Å². The monoisotopic (exact) mass is 420 g/mol. The van der Waals surface area contributed by atoms with E-state index in [1.165, 1.54) is 11.1 Å². The Morgan fingerprint density at radius 1 is 1.18 bits per heavy atom. The highest BCUT2D eigenvalue weighted by atomic mass is 35.5. The number of ether oxygens (including phenoxy) is 2. The lowest BCUT2D eigenvalue weighted by molar-refractivity contribution is 0.0526. The molecule has 0 aromatic heterocycles. The van der Waals surface area contributed by atoms with Crippen LogP contribution in [0.15, 0.2) is 36.4 Å². The molecule has 0 radical (unpaired) electrons. The van der Waals surface area contributed by atoms with Crippen LogP contribution in [0.3, 0.4) is 0 Å². The first-order valence-corrected chi connectivity index (χ1v) is 9.83. The molecule has 0 fully saturated rings. The Kier molecular flexibility index (Phi) is 8.08. The topological polar surface area (TPSA) is 59.6 Å². The number of carbonyl (C=O) groups excluding carboxylic acids is 1. The number of halogens is 1. The minimum atomic E-state index is -0.467. The van der Waals surface area contributed by atoms with Gasteiger partial charge in [0.05, 0.1) is 23.2 Å². The average molecular weight is 421 g/mol. The number of anilines is 1. The summed E-state index contributed by atoms with van der Waals surface area (Å²) in [6.45, 7) is 8.58. The molecule has 0 aliphatic carbocycles. The zero-order valence-electron chi connectivity index (χ0n) is 16.5. The minimum Gasteiger partial charge on any atom is -0.491 e. The number of esters is 1. The van der Waals surface area contributed by atoms with E-state index in [9.17, 15) is 4.79 Å². The van der Waals surface area contributed by atoms with Gasteiger partial charge in [0.2, 0.25) is 0 Å². The molecule has 2 aromatic carbocycles. The molecule has 2 aromatic rings. The number of hydrogen-bond donors (Lipinski definition) is 2. The minimum absolute atomic E-state index is 0.0153. The maximum Gasteiger partial charge on any atom is 0.339 e. The van der Waals surface area contributed by atoms with Crippen molar-refractivity contribution < 1.29 is 14.3 Å². The molecular formula is C21H25ClN2O3S. The molecule has 0 amide bonds. The Bertz CT molecular complexity index is 858. The molecule has 0 aliphatic rings. The normalized spacial score (nSPS) is 11.5. The lowest BCUT2D eigenvalue weighted by atomic mass is 10.1. The third-order valence-corrected chi connectivity index (χ3v) is 4.62. The molecule has 2 rings (SSSR count). The number of benzene rings is 2. The van der Waals surface area contributed by atoms with Crippen LogP contribution in [-0.2, 0) is 4.74 Å². The van der Waals surface area contributed by atoms with E-state index < -0.39 is 5.97 Å². The number of rotatable bonds is 7. The summed E-state index contributed by atoms with van der Waals surface area (Å²) in [5.74, 6) is 0.359. The summed E-state index contributed by atoms with van der Waals surface area (Å²) < 4.78 is 10.8. The SMILES string of the molecule is CCOC(=O)c1cc(NC(=S)N[C@@H](C)COc2ccc(C)c(C)c2)ccc1Cl. The van der Waals surface area contributed by atoms with E-state index in [4.69, 9.17) is 33.3 Å². The van der Waals surface area contributed by atoms with E-state index in [2.05, 4.69) is 24.5 Å². The molecule has 1 atom stereocenters. The quantitative estimate of drug-likeness (QED) is 0.491. The molecule has 5 nitrogen and oxygen atoms in total. The summed E-state index contributed by atoms with van der Waals surface area (Å²) in [5.41, 5.74) is 3.36. The predicted molar refractivity (Wildman–Crippen MR) is 118 cm³/mol. The highest BCUT2D eigenvalue weighted by Gasteiger charge is 2.13. The van der Waals surface area contributed by atoms with Crippen LogP contribution in [0, 0.1) is 13.8 Å². The van der Waals surface area contributed by atoms with Gasteiger partial charge in [-0.05, 0) is 81.4 Å².